The van der Waals surface area contributed by atoms with Gasteiger partial charge in [-0.25, -0.2) is 4.79 Å². The summed E-state index contributed by atoms with van der Waals surface area (Å²) >= 11 is 0. The minimum atomic E-state index is -2.23. The summed E-state index contributed by atoms with van der Waals surface area (Å²) < 4.78 is 17.1. The van der Waals surface area contributed by atoms with Crippen LogP contribution in [0.25, 0.3) is 0 Å². The van der Waals surface area contributed by atoms with Crippen LogP contribution in [0.4, 0.5) is 0 Å². The first-order valence-corrected chi connectivity index (χ1v) is 10.1. The van der Waals surface area contributed by atoms with Gasteiger partial charge in [0.2, 0.25) is 0 Å². The van der Waals surface area contributed by atoms with Gasteiger partial charge in [-0.1, -0.05) is 33.3 Å². The molecule has 0 bridgehead atoms. The van der Waals surface area contributed by atoms with Crippen LogP contribution in [-0.4, -0.2) is 34.4 Å². The Morgan fingerprint density at radius 2 is 1.55 bits per heavy atom. The van der Waals surface area contributed by atoms with Crippen LogP contribution >= 0.6 is 0 Å². The van der Waals surface area contributed by atoms with Gasteiger partial charge in [0.25, 0.3) is 0 Å². The van der Waals surface area contributed by atoms with E-state index in [2.05, 4.69) is 20.4 Å². The molecule has 0 atom stereocenters. The van der Waals surface area contributed by atoms with Crippen LogP contribution in [0, 0.1) is 0 Å². The van der Waals surface area contributed by atoms with E-state index >= 15 is 0 Å². The van der Waals surface area contributed by atoms with Crippen molar-refractivity contribution in [1.29, 1.82) is 0 Å². The predicted molar refractivity (Wildman–Crippen MR) is 83.9 cm³/mol. The molecule has 20 heavy (non-hydrogen) atoms. The monoisotopic (exact) mass is 302 g/mol. The standard InChI is InChI=1S/C15H30O4Si/c1-6-8-10-18-20(5,19-11-9-7-2)13-12-17-15(16)14(3)4/h3,6-13H2,1-2,4-5H3. The summed E-state index contributed by atoms with van der Waals surface area (Å²) in [5.74, 6) is -0.344. The highest BCUT2D eigenvalue weighted by atomic mass is 28.4. The van der Waals surface area contributed by atoms with E-state index in [1.54, 1.807) is 6.92 Å². The molecule has 0 saturated carbocycles. The Morgan fingerprint density at radius 1 is 1.05 bits per heavy atom. The molecule has 0 aliphatic heterocycles. The molecule has 0 saturated heterocycles. The number of carbonyl (C=O) groups is 1. The minimum absolute atomic E-state index is 0.340. The van der Waals surface area contributed by atoms with Crippen LogP contribution in [0.3, 0.4) is 0 Å². The van der Waals surface area contributed by atoms with Crippen molar-refractivity contribution in [1.82, 2.24) is 0 Å². The Hall–Kier alpha value is -0.653. The normalized spacial score (nSPS) is 11.4. The molecule has 0 aliphatic carbocycles. The van der Waals surface area contributed by atoms with E-state index in [1.165, 1.54) is 0 Å². The van der Waals surface area contributed by atoms with Crippen molar-refractivity contribution in [2.24, 2.45) is 0 Å². The van der Waals surface area contributed by atoms with Gasteiger partial charge in [-0.2, -0.15) is 0 Å². The molecule has 0 aromatic rings. The molecule has 4 nitrogen and oxygen atoms in total. The quantitative estimate of drug-likeness (QED) is 0.238. The largest absolute Gasteiger partial charge is 0.462 e. The van der Waals surface area contributed by atoms with Crippen LogP contribution < -0.4 is 0 Å². The molecule has 0 aromatic heterocycles. The van der Waals surface area contributed by atoms with Crippen LogP contribution in [0.1, 0.15) is 46.5 Å². The van der Waals surface area contributed by atoms with Crippen LogP contribution in [0.15, 0.2) is 12.2 Å². The fourth-order valence-corrected chi connectivity index (χ4v) is 3.50. The number of esters is 1. The molecule has 118 valence electrons. The number of unbranched alkanes of at least 4 members (excludes halogenated alkanes) is 2. The maximum atomic E-state index is 11.4. The zero-order chi connectivity index (χ0) is 15.4. The van der Waals surface area contributed by atoms with E-state index in [9.17, 15) is 4.79 Å². The lowest BCUT2D eigenvalue weighted by Crippen LogP contribution is -2.40. The van der Waals surface area contributed by atoms with Crippen molar-refractivity contribution in [3.8, 4) is 0 Å². The minimum Gasteiger partial charge on any atom is -0.462 e. The van der Waals surface area contributed by atoms with Crippen LogP contribution in [0.2, 0.25) is 12.6 Å². The fraction of sp³-hybridized carbons (Fsp3) is 0.800. The van der Waals surface area contributed by atoms with Gasteiger partial charge in [-0.3, -0.25) is 0 Å². The van der Waals surface area contributed by atoms with Crippen molar-refractivity contribution >= 4 is 14.5 Å². The molecule has 0 radical (unpaired) electrons. The van der Waals surface area contributed by atoms with Crippen molar-refractivity contribution in [3.05, 3.63) is 12.2 Å². The third kappa shape index (κ3) is 9.28. The third-order valence-corrected chi connectivity index (χ3v) is 5.69. The average Bonchev–Trinajstić information content (AvgIpc) is 2.39. The summed E-state index contributed by atoms with van der Waals surface area (Å²) in [4.78, 5) is 11.4. The number of hydrogen-bond acceptors (Lipinski definition) is 4. The van der Waals surface area contributed by atoms with E-state index in [0.29, 0.717) is 18.2 Å². The van der Waals surface area contributed by atoms with E-state index < -0.39 is 8.56 Å². The fourth-order valence-electron chi connectivity index (χ4n) is 1.50. The number of ether oxygens (including phenoxy) is 1. The molecule has 0 spiro atoms. The van der Waals surface area contributed by atoms with Gasteiger partial charge >= 0.3 is 14.5 Å². The van der Waals surface area contributed by atoms with Gasteiger partial charge in [-0.15, -0.1) is 0 Å². The molecular formula is C15H30O4Si. The molecule has 0 fully saturated rings. The maximum absolute atomic E-state index is 11.4. The second-order valence-electron chi connectivity index (χ2n) is 5.20. The summed E-state index contributed by atoms with van der Waals surface area (Å²) in [6.07, 6.45) is 4.27. The summed E-state index contributed by atoms with van der Waals surface area (Å²) in [7, 11) is -2.23. The highest BCUT2D eigenvalue weighted by Crippen LogP contribution is 2.16. The molecule has 0 aliphatic rings. The van der Waals surface area contributed by atoms with Crippen LogP contribution in [0.5, 0.6) is 0 Å². The van der Waals surface area contributed by atoms with Gasteiger partial charge in [-0.05, 0) is 26.3 Å². The number of hydrogen-bond donors (Lipinski definition) is 0. The summed E-state index contributed by atoms with van der Waals surface area (Å²) in [6, 6.07) is 0.666. The molecular weight excluding hydrogens is 272 g/mol. The average molecular weight is 302 g/mol. The molecule has 0 heterocycles. The van der Waals surface area contributed by atoms with E-state index in [1.807, 2.05) is 6.55 Å². The summed E-state index contributed by atoms with van der Waals surface area (Å²) in [6.45, 7) is 13.3. The Bertz CT molecular complexity index is 282. The lowest BCUT2D eigenvalue weighted by molar-refractivity contribution is -0.138. The first-order chi connectivity index (χ1) is 9.45. The van der Waals surface area contributed by atoms with Gasteiger partial charge < -0.3 is 13.6 Å². The first kappa shape index (κ1) is 19.3. The maximum Gasteiger partial charge on any atom is 0.338 e. The molecule has 0 aromatic carbocycles. The Morgan fingerprint density at radius 3 is 1.95 bits per heavy atom. The Kier molecular flexibility index (Phi) is 10.7. The highest BCUT2D eigenvalue weighted by molar-refractivity contribution is 6.66. The van der Waals surface area contributed by atoms with Crippen molar-refractivity contribution in [3.63, 3.8) is 0 Å². The van der Waals surface area contributed by atoms with E-state index in [-0.39, 0.29) is 5.97 Å². The van der Waals surface area contributed by atoms with Crippen molar-refractivity contribution in [2.75, 3.05) is 19.8 Å². The van der Waals surface area contributed by atoms with Gasteiger partial charge in [0, 0.05) is 24.8 Å². The first-order valence-electron chi connectivity index (χ1n) is 7.55. The Labute approximate surface area is 124 Å². The van der Waals surface area contributed by atoms with E-state index in [0.717, 1.165) is 38.9 Å². The van der Waals surface area contributed by atoms with Crippen molar-refractivity contribution < 1.29 is 18.4 Å². The molecule has 0 amide bonds. The number of carbonyl (C=O) groups excluding carboxylic acids is 1. The molecule has 5 heteroatoms. The zero-order valence-electron chi connectivity index (χ0n) is 13.5. The lowest BCUT2D eigenvalue weighted by Gasteiger charge is -2.27. The van der Waals surface area contributed by atoms with E-state index in [4.69, 9.17) is 13.6 Å². The summed E-state index contributed by atoms with van der Waals surface area (Å²) in [5, 5.41) is 0. The molecule has 0 rings (SSSR count). The highest BCUT2D eigenvalue weighted by Gasteiger charge is 2.31. The van der Waals surface area contributed by atoms with Gasteiger partial charge in [0.15, 0.2) is 0 Å². The third-order valence-electron chi connectivity index (χ3n) is 2.95. The van der Waals surface area contributed by atoms with Crippen molar-refractivity contribution in [2.45, 2.75) is 59.0 Å². The van der Waals surface area contributed by atoms with Gasteiger partial charge in [0.05, 0.1) is 6.61 Å². The SMILES string of the molecule is C=C(C)C(=O)OCC[Si](C)(OCCCC)OCCCC. The molecule has 0 N–H and O–H groups in total. The topological polar surface area (TPSA) is 44.8 Å². The smallest absolute Gasteiger partial charge is 0.338 e. The predicted octanol–water partition coefficient (Wildman–Crippen LogP) is 3.81. The zero-order valence-corrected chi connectivity index (χ0v) is 14.5. The van der Waals surface area contributed by atoms with Crippen LogP contribution in [-0.2, 0) is 18.4 Å². The second kappa shape index (κ2) is 11.1. The summed E-state index contributed by atoms with van der Waals surface area (Å²) in [5.41, 5.74) is 0.423. The second-order valence-corrected chi connectivity index (χ2v) is 8.55. The Balaban J connectivity index is 4.20. The number of rotatable bonds is 12. The molecule has 0 unspecified atom stereocenters. The lowest BCUT2D eigenvalue weighted by atomic mass is 10.4. The van der Waals surface area contributed by atoms with Gasteiger partial charge in [0.1, 0.15) is 0 Å².